The molecule has 0 amide bonds. The number of nitrogen functional groups attached to an aromatic ring is 1. The van der Waals surface area contributed by atoms with Crippen LogP contribution in [0, 0.1) is 5.41 Å². The summed E-state index contributed by atoms with van der Waals surface area (Å²) in [5.74, 6) is 1.33. The summed E-state index contributed by atoms with van der Waals surface area (Å²) in [7, 11) is 0. The molecule has 2 aromatic rings. The first-order valence-electron chi connectivity index (χ1n) is 8.00. The molecule has 0 bridgehead atoms. The molecular weight excluding hydrogens is 276 g/mol. The molecule has 0 radical (unpaired) electrons. The number of nitrogens with two attached hydrogens (primary N) is 1. The number of benzene rings is 1. The highest BCUT2D eigenvalue weighted by Gasteiger charge is 2.32. The molecule has 1 aromatic carbocycles. The van der Waals surface area contributed by atoms with Crippen LogP contribution in [0.1, 0.15) is 32.0 Å². The zero-order chi connectivity index (χ0) is 15.6. The maximum absolute atomic E-state index is 9.61. The Morgan fingerprint density at radius 3 is 2.64 bits per heavy atom. The van der Waals surface area contributed by atoms with E-state index in [2.05, 4.69) is 21.8 Å². The smallest absolute Gasteiger partial charge is 0.145 e. The van der Waals surface area contributed by atoms with Gasteiger partial charge in [0.25, 0.3) is 0 Å². The van der Waals surface area contributed by atoms with E-state index in [0.29, 0.717) is 5.82 Å². The Kier molecular flexibility index (Phi) is 4.27. The van der Waals surface area contributed by atoms with Gasteiger partial charge in [-0.25, -0.2) is 9.97 Å². The van der Waals surface area contributed by atoms with Crippen molar-refractivity contribution < 1.29 is 5.11 Å². The number of anilines is 1. The van der Waals surface area contributed by atoms with Crippen LogP contribution in [-0.2, 0) is 6.54 Å². The minimum absolute atomic E-state index is 0.111. The average Bonchev–Trinajstić information content (AvgIpc) is 2.56. The molecule has 1 saturated heterocycles. The largest absolute Gasteiger partial charge is 0.396 e. The van der Waals surface area contributed by atoms with Gasteiger partial charge in [0.15, 0.2) is 0 Å². The van der Waals surface area contributed by atoms with Crippen molar-refractivity contribution in [3.8, 4) is 0 Å². The van der Waals surface area contributed by atoms with Crippen molar-refractivity contribution in [3.63, 3.8) is 0 Å². The summed E-state index contributed by atoms with van der Waals surface area (Å²) in [6.45, 7) is 5.13. The average molecular weight is 300 g/mol. The summed E-state index contributed by atoms with van der Waals surface area (Å²) in [5, 5.41) is 10.5. The fourth-order valence-electron chi connectivity index (χ4n) is 3.23. The topological polar surface area (TPSA) is 75.3 Å². The second kappa shape index (κ2) is 6.18. The standard InChI is InChI=1S/C17H24N4O/c1-2-17(12-22)7-9-21(10-8-17)11-15-19-14-6-4-3-5-13(14)16(18)20-15/h3-6,22H,2,7-12H2,1H3,(H2,18,19,20). The van der Waals surface area contributed by atoms with Gasteiger partial charge in [0.1, 0.15) is 11.6 Å². The first kappa shape index (κ1) is 15.2. The van der Waals surface area contributed by atoms with Gasteiger partial charge in [-0.15, -0.1) is 0 Å². The number of aliphatic hydroxyl groups excluding tert-OH is 1. The Labute approximate surface area is 131 Å². The van der Waals surface area contributed by atoms with Crippen LogP contribution >= 0.6 is 0 Å². The number of nitrogens with zero attached hydrogens (tertiary/aromatic N) is 3. The number of aromatic nitrogens is 2. The van der Waals surface area contributed by atoms with Crippen LogP contribution in [0.25, 0.3) is 10.9 Å². The van der Waals surface area contributed by atoms with Crippen molar-refractivity contribution in [1.82, 2.24) is 14.9 Å². The van der Waals surface area contributed by atoms with Gasteiger partial charge in [0.2, 0.25) is 0 Å². The second-order valence-corrected chi connectivity index (χ2v) is 6.33. The maximum Gasteiger partial charge on any atom is 0.145 e. The van der Waals surface area contributed by atoms with E-state index < -0.39 is 0 Å². The first-order valence-corrected chi connectivity index (χ1v) is 8.00. The summed E-state index contributed by atoms with van der Waals surface area (Å²) in [6, 6.07) is 7.84. The molecule has 5 nitrogen and oxygen atoms in total. The Balaban J connectivity index is 1.72. The van der Waals surface area contributed by atoms with E-state index in [0.717, 1.165) is 55.6 Å². The Morgan fingerprint density at radius 1 is 1.23 bits per heavy atom. The minimum atomic E-state index is 0.111. The monoisotopic (exact) mass is 300 g/mol. The number of hydrogen-bond acceptors (Lipinski definition) is 5. The normalized spacial score (nSPS) is 18.6. The third-order valence-electron chi connectivity index (χ3n) is 5.05. The Morgan fingerprint density at radius 2 is 1.95 bits per heavy atom. The van der Waals surface area contributed by atoms with Gasteiger partial charge in [-0.2, -0.15) is 0 Å². The van der Waals surface area contributed by atoms with Crippen LogP contribution in [0.2, 0.25) is 0 Å². The van der Waals surface area contributed by atoms with Crippen LogP contribution in [0.15, 0.2) is 24.3 Å². The highest BCUT2D eigenvalue weighted by Crippen LogP contribution is 2.34. The summed E-state index contributed by atoms with van der Waals surface area (Å²) in [6.07, 6.45) is 3.10. The molecule has 0 aliphatic carbocycles. The van der Waals surface area contributed by atoms with Crippen LogP contribution in [0.4, 0.5) is 5.82 Å². The molecule has 118 valence electrons. The molecule has 1 aliphatic heterocycles. The molecule has 5 heteroatoms. The SMILES string of the molecule is CCC1(CO)CCN(Cc2nc(N)c3ccccc3n2)CC1. The lowest BCUT2D eigenvalue weighted by molar-refractivity contribution is 0.0374. The van der Waals surface area contributed by atoms with Gasteiger partial charge in [0, 0.05) is 12.0 Å². The lowest BCUT2D eigenvalue weighted by Gasteiger charge is -2.40. The minimum Gasteiger partial charge on any atom is -0.396 e. The second-order valence-electron chi connectivity index (χ2n) is 6.33. The summed E-state index contributed by atoms with van der Waals surface area (Å²) in [4.78, 5) is 11.4. The van der Waals surface area contributed by atoms with Crippen LogP contribution in [-0.4, -0.2) is 39.7 Å². The van der Waals surface area contributed by atoms with Crippen molar-refractivity contribution in [2.45, 2.75) is 32.7 Å². The Hall–Kier alpha value is -1.72. The number of rotatable bonds is 4. The molecule has 1 aromatic heterocycles. The fraction of sp³-hybridized carbons (Fsp3) is 0.529. The third kappa shape index (κ3) is 2.91. The third-order valence-corrected chi connectivity index (χ3v) is 5.05. The molecule has 1 aliphatic rings. The number of fused-ring (bicyclic) bond motifs is 1. The maximum atomic E-state index is 9.61. The van der Waals surface area contributed by atoms with E-state index in [9.17, 15) is 5.11 Å². The zero-order valence-corrected chi connectivity index (χ0v) is 13.1. The van der Waals surface area contributed by atoms with Crippen molar-refractivity contribution in [1.29, 1.82) is 0 Å². The summed E-state index contributed by atoms with van der Waals surface area (Å²) < 4.78 is 0. The summed E-state index contributed by atoms with van der Waals surface area (Å²) >= 11 is 0. The number of aliphatic hydroxyl groups is 1. The van der Waals surface area contributed by atoms with E-state index in [-0.39, 0.29) is 12.0 Å². The van der Waals surface area contributed by atoms with Crippen LogP contribution < -0.4 is 5.73 Å². The van der Waals surface area contributed by atoms with E-state index in [1.165, 1.54) is 0 Å². The lowest BCUT2D eigenvalue weighted by atomic mass is 9.77. The quantitative estimate of drug-likeness (QED) is 0.905. The highest BCUT2D eigenvalue weighted by atomic mass is 16.3. The van der Waals surface area contributed by atoms with Gasteiger partial charge >= 0.3 is 0 Å². The highest BCUT2D eigenvalue weighted by molar-refractivity contribution is 5.87. The van der Waals surface area contributed by atoms with E-state index in [4.69, 9.17) is 5.73 Å². The zero-order valence-electron chi connectivity index (χ0n) is 13.1. The van der Waals surface area contributed by atoms with Gasteiger partial charge in [0.05, 0.1) is 12.1 Å². The van der Waals surface area contributed by atoms with Gasteiger partial charge in [-0.05, 0) is 49.9 Å². The molecule has 0 saturated carbocycles. The molecule has 3 rings (SSSR count). The summed E-state index contributed by atoms with van der Waals surface area (Å²) in [5.41, 5.74) is 7.06. The molecule has 3 N–H and O–H groups in total. The fourth-order valence-corrected chi connectivity index (χ4v) is 3.23. The number of para-hydroxylation sites is 1. The molecular formula is C17H24N4O. The van der Waals surface area contributed by atoms with Crippen molar-refractivity contribution >= 4 is 16.7 Å². The van der Waals surface area contributed by atoms with Gasteiger partial charge < -0.3 is 10.8 Å². The molecule has 0 atom stereocenters. The number of likely N-dealkylation sites (tertiary alicyclic amines) is 1. The van der Waals surface area contributed by atoms with Crippen molar-refractivity contribution in [2.24, 2.45) is 5.41 Å². The number of hydrogen-bond donors (Lipinski definition) is 2. The molecule has 1 fully saturated rings. The molecule has 0 unspecified atom stereocenters. The van der Waals surface area contributed by atoms with Gasteiger partial charge in [-0.1, -0.05) is 19.1 Å². The predicted octanol–water partition coefficient (Wildman–Crippen LogP) is 2.20. The van der Waals surface area contributed by atoms with Crippen molar-refractivity contribution in [3.05, 3.63) is 30.1 Å². The van der Waals surface area contributed by atoms with Crippen molar-refractivity contribution in [2.75, 3.05) is 25.4 Å². The van der Waals surface area contributed by atoms with Gasteiger partial charge in [-0.3, -0.25) is 4.90 Å². The molecule has 22 heavy (non-hydrogen) atoms. The lowest BCUT2D eigenvalue weighted by Crippen LogP contribution is -2.41. The van der Waals surface area contributed by atoms with Crippen LogP contribution in [0.5, 0.6) is 0 Å². The Bertz CT molecular complexity index is 644. The molecule has 2 heterocycles. The van der Waals surface area contributed by atoms with E-state index in [1.807, 2.05) is 24.3 Å². The van der Waals surface area contributed by atoms with E-state index in [1.54, 1.807) is 0 Å². The van der Waals surface area contributed by atoms with E-state index >= 15 is 0 Å². The van der Waals surface area contributed by atoms with Crippen LogP contribution in [0.3, 0.4) is 0 Å². The number of piperidine rings is 1. The predicted molar refractivity (Wildman–Crippen MR) is 88.3 cm³/mol. The first-order chi connectivity index (χ1) is 10.7. The molecule has 0 spiro atoms.